The summed E-state index contributed by atoms with van der Waals surface area (Å²) < 4.78 is 1.59. The molecule has 8 heteroatoms. The second-order valence-electron chi connectivity index (χ2n) is 7.08. The standard InChI is InChI=1S/C19H21ClN6O/c20-14-3-1-2-13(10-14)19(12-21)8-6-15(7-9-19)26-18(27)5-4-16(24-26)17-11-22-25-23-17/h1-5,10-11,15H,6-9,12,21H2,(H,22,23,25). The van der Waals surface area contributed by atoms with Crippen LogP contribution >= 0.6 is 11.6 Å². The molecule has 3 aromatic rings. The molecule has 0 radical (unpaired) electrons. The molecule has 7 nitrogen and oxygen atoms in total. The maximum atomic E-state index is 12.4. The number of hydrogen-bond donors (Lipinski definition) is 2. The van der Waals surface area contributed by atoms with Gasteiger partial charge in [-0.25, -0.2) is 4.68 Å². The number of hydrogen-bond acceptors (Lipinski definition) is 5. The number of nitrogens with zero attached hydrogens (tertiary/aromatic N) is 4. The summed E-state index contributed by atoms with van der Waals surface area (Å²) in [7, 11) is 0. The number of H-pyrrole nitrogens is 1. The molecule has 140 valence electrons. The topological polar surface area (TPSA) is 102 Å². The van der Waals surface area contributed by atoms with Gasteiger partial charge >= 0.3 is 0 Å². The summed E-state index contributed by atoms with van der Waals surface area (Å²) in [4.78, 5) is 12.4. The Kier molecular flexibility index (Phi) is 4.80. The summed E-state index contributed by atoms with van der Waals surface area (Å²) in [6.07, 6.45) is 5.03. The largest absolute Gasteiger partial charge is 0.330 e. The van der Waals surface area contributed by atoms with Crippen LogP contribution in [0, 0.1) is 0 Å². The molecule has 0 aliphatic heterocycles. The second kappa shape index (κ2) is 7.25. The van der Waals surface area contributed by atoms with Crippen LogP contribution in [0.15, 0.2) is 47.4 Å². The zero-order valence-corrected chi connectivity index (χ0v) is 15.6. The first-order chi connectivity index (χ1) is 13.1. The molecular formula is C19H21ClN6O. The Balaban J connectivity index is 1.59. The van der Waals surface area contributed by atoms with Gasteiger partial charge in [-0.1, -0.05) is 23.7 Å². The van der Waals surface area contributed by atoms with Crippen LogP contribution in [0.3, 0.4) is 0 Å². The minimum atomic E-state index is -0.102. The SMILES string of the molecule is NCC1(c2cccc(Cl)c2)CCC(n2nc(-c3cn[nH]n3)ccc2=O)CC1. The lowest BCUT2D eigenvalue weighted by molar-refractivity contribution is 0.222. The molecule has 0 atom stereocenters. The average Bonchev–Trinajstić information content (AvgIpc) is 3.23. The van der Waals surface area contributed by atoms with E-state index in [0.29, 0.717) is 17.9 Å². The number of nitrogens with two attached hydrogens (primary N) is 1. The van der Waals surface area contributed by atoms with Gasteiger partial charge in [0, 0.05) is 23.0 Å². The van der Waals surface area contributed by atoms with Crippen LogP contribution in [-0.2, 0) is 5.41 Å². The predicted molar refractivity (Wildman–Crippen MR) is 104 cm³/mol. The van der Waals surface area contributed by atoms with E-state index in [0.717, 1.165) is 30.7 Å². The van der Waals surface area contributed by atoms with E-state index in [2.05, 4.69) is 26.6 Å². The number of aromatic amines is 1. The monoisotopic (exact) mass is 384 g/mol. The normalized spacial score (nSPS) is 22.7. The molecule has 0 unspecified atom stereocenters. The van der Waals surface area contributed by atoms with Crippen LogP contribution in [0.1, 0.15) is 37.3 Å². The molecule has 2 heterocycles. The van der Waals surface area contributed by atoms with Gasteiger partial charge in [0.2, 0.25) is 0 Å². The number of rotatable bonds is 4. The van der Waals surface area contributed by atoms with Gasteiger partial charge in [0.1, 0.15) is 11.4 Å². The molecule has 0 amide bonds. The van der Waals surface area contributed by atoms with Gasteiger partial charge in [0.25, 0.3) is 5.56 Å². The third-order valence-electron chi connectivity index (χ3n) is 5.59. The minimum Gasteiger partial charge on any atom is -0.330 e. The van der Waals surface area contributed by atoms with Crippen molar-refractivity contribution in [3.63, 3.8) is 0 Å². The molecule has 2 aromatic heterocycles. The molecule has 27 heavy (non-hydrogen) atoms. The van der Waals surface area contributed by atoms with E-state index in [1.54, 1.807) is 23.0 Å². The van der Waals surface area contributed by atoms with E-state index < -0.39 is 0 Å². The third-order valence-corrected chi connectivity index (χ3v) is 5.82. The Hall–Kier alpha value is -2.51. The first-order valence-corrected chi connectivity index (χ1v) is 9.41. The molecular weight excluding hydrogens is 364 g/mol. The summed E-state index contributed by atoms with van der Waals surface area (Å²) in [6, 6.07) is 11.2. The van der Waals surface area contributed by atoms with Gasteiger partial charge in [0.05, 0.1) is 12.2 Å². The maximum absolute atomic E-state index is 12.4. The lowest BCUT2D eigenvalue weighted by Gasteiger charge is -2.40. The Bertz CT molecular complexity index is 976. The van der Waals surface area contributed by atoms with Crippen LogP contribution in [-0.4, -0.2) is 31.7 Å². The number of halogens is 1. The second-order valence-corrected chi connectivity index (χ2v) is 7.52. The molecule has 0 spiro atoms. The predicted octanol–water partition coefficient (Wildman–Crippen LogP) is 2.69. The molecule has 3 N–H and O–H groups in total. The van der Waals surface area contributed by atoms with Crippen molar-refractivity contribution in [3.8, 4) is 11.4 Å². The van der Waals surface area contributed by atoms with Crippen LogP contribution in [0.25, 0.3) is 11.4 Å². The fourth-order valence-corrected chi connectivity index (χ4v) is 4.17. The van der Waals surface area contributed by atoms with Gasteiger partial charge in [-0.2, -0.15) is 20.5 Å². The van der Waals surface area contributed by atoms with Gasteiger partial charge in [0.15, 0.2) is 0 Å². The van der Waals surface area contributed by atoms with E-state index in [1.165, 1.54) is 5.56 Å². The Morgan fingerprint density at radius 1 is 1.22 bits per heavy atom. The third kappa shape index (κ3) is 3.40. The summed E-state index contributed by atoms with van der Waals surface area (Å²) in [5.41, 5.74) is 8.40. The average molecular weight is 385 g/mol. The van der Waals surface area contributed by atoms with Crippen LogP contribution in [0.5, 0.6) is 0 Å². The fraction of sp³-hybridized carbons (Fsp3) is 0.368. The molecule has 1 fully saturated rings. The quantitative estimate of drug-likeness (QED) is 0.719. The zero-order valence-electron chi connectivity index (χ0n) is 14.8. The first kappa shape index (κ1) is 17.9. The molecule has 0 saturated heterocycles. The van der Waals surface area contributed by atoms with E-state index in [4.69, 9.17) is 17.3 Å². The van der Waals surface area contributed by atoms with Crippen LogP contribution in [0.4, 0.5) is 0 Å². The van der Waals surface area contributed by atoms with E-state index in [1.807, 2.05) is 18.2 Å². The van der Waals surface area contributed by atoms with Crippen molar-refractivity contribution >= 4 is 11.6 Å². The van der Waals surface area contributed by atoms with Crippen molar-refractivity contribution in [1.82, 2.24) is 25.2 Å². The van der Waals surface area contributed by atoms with E-state index in [-0.39, 0.29) is 17.0 Å². The number of aromatic nitrogens is 5. The minimum absolute atomic E-state index is 0.0446. The maximum Gasteiger partial charge on any atom is 0.267 e. The summed E-state index contributed by atoms with van der Waals surface area (Å²) in [5.74, 6) is 0. The summed E-state index contributed by atoms with van der Waals surface area (Å²) >= 11 is 6.18. The highest BCUT2D eigenvalue weighted by atomic mass is 35.5. The summed E-state index contributed by atoms with van der Waals surface area (Å²) in [6.45, 7) is 0.557. The molecule has 0 bridgehead atoms. The highest BCUT2D eigenvalue weighted by molar-refractivity contribution is 6.30. The van der Waals surface area contributed by atoms with Crippen molar-refractivity contribution in [2.45, 2.75) is 37.1 Å². The van der Waals surface area contributed by atoms with Gasteiger partial charge in [-0.05, 0) is 49.4 Å². The van der Waals surface area contributed by atoms with Crippen molar-refractivity contribution in [3.05, 3.63) is 63.5 Å². The van der Waals surface area contributed by atoms with Gasteiger partial charge in [-0.3, -0.25) is 4.79 Å². The Morgan fingerprint density at radius 3 is 2.70 bits per heavy atom. The lowest BCUT2D eigenvalue weighted by Crippen LogP contribution is -2.41. The molecule has 1 aromatic carbocycles. The molecule has 1 saturated carbocycles. The zero-order chi connectivity index (χ0) is 18.9. The van der Waals surface area contributed by atoms with Crippen molar-refractivity contribution in [2.75, 3.05) is 6.54 Å². The van der Waals surface area contributed by atoms with E-state index >= 15 is 0 Å². The fourth-order valence-electron chi connectivity index (χ4n) is 3.98. The first-order valence-electron chi connectivity index (χ1n) is 9.03. The van der Waals surface area contributed by atoms with E-state index in [9.17, 15) is 4.79 Å². The Labute approximate surface area is 161 Å². The summed E-state index contributed by atoms with van der Waals surface area (Å²) in [5, 5.41) is 15.7. The van der Waals surface area contributed by atoms with Crippen molar-refractivity contribution < 1.29 is 0 Å². The van der Waals surface area contributed by atoms with Gasteiger partial charge < -0.3 is 5.73 Å². The van der Waals surface area contributed by atoms with Crippen molar-refractivity contribution in [2.24, 2.45) is 5.73 Å². The molecule has 4 rings (SSSR count). The molecule has 1 aliphatic rings. The number of nitrogens with one attached hydrogen (secondary N) is 1. The Morgan fingerprint density at radius 2 is 2.04 bits per heavy atom. The highest BCUT2D eigenvalue weighted by Crippen LogP contribution is 2.42. The van der Waals surface area contributed by atoms with Crippen LogP contribution < -0.4 is 11.3 Å². The lowest BCUT2D eigenvalue weighted by atomic mass is 9.68. The molecule has 1 aliphatic carbocycles. The van der Waals surface area contributed by atoms with Gasteiger partial charge in [-0.15, -0.1) is 0 Å². The smallest absolute Gasteiger partial charge is 0.267 e. The van der Waals surface area contributed by atoms with Crippen LogP contribution in [0.2, 0.25) is 5.02 Å². The van der Waals surface area contributed by atoms with Crippen molar-refractivity contribution in [1.29, 1.82) is 0 Å². The highest BCUT2D eigenvalue weighted by Gasteiger charge is 2.37. The number of benzene rings is 1.